The van der Waals surface area contributed by atoms with Gasteiger partial charge >= 0.3 is 0 Å². The van der Waals surface area contributed by atoms with E-state index in [4.69, 9.17) is 0 Å². The van der Waals surface area contributed by atoms with Crippen LogP contribution in [0.2, 0.25) is 0 Å². The lowest BCUT2D eigenvalue weighted by molar-refractivity contribution is 0.115. The predicted octanol–water partition coefficient (Wildman–Crippen LogP) is 4.15. The Labute approximate surface area is 76.7 Å². The first kappa shape index (κ1) is 8.59. The lowest BCUT2D eigenvalue weighted by atomic mass is 9.66. The van der Waals surface area contributed by atoms with Gasteiger partial charge in [-0.15, -0.1) is 0 Å². The van der Waals surface area contributed by atoms with Gasteiger partial charge in [-0.25, -0.2) is 0 Å². The van der Waals surface area contributed by atoms with Crippen LogP contribution in [0.3, 0.4) is 0 Å². The SMILES string of the molecule is CCCC12CCCCC1CCC2. The highest BCUT2D eigenvalue weighted by Gasteiger charge is 2.42. The van der Waals surface area contributed by atoms with Crippen LogP contribution in [0.25, 0.3) is 0 Å². The van der Waals surface area contributed by atoms with E-state index in [1.165, 1.54) is 32.1 Å². The maximum Gasteiger partial charge on any atom is -0.0269 e. The molecule has 12 heavy (non-hydrogen) atoms. The lowest BCUT2D eigenvalue weighted by Gasteiger charge is -2.39. The van der Waals surface area contributed by atoms with Gasteiger partial charge < -0.3 is 0 Å². The highest BCUT2D eigenvalue weighted by Crippen LogP contribution is 2.54. The smallest absolute Gasteiger partial charge is 0.0269 e. The summed E-state index contributed by atoms with van der Waals surface area (Å²) in [4.78, 5) is 0. The second-order valence-electron chi connectivity index (χ2n) is 4.95. The van der Waals surface area contributed by atoms with Gasteiger partial charge in [-0.2, -0.15) is 0 Å². The van der Waals surface area contributed by atoms with Crippen LogP contribution in [0.5, 0.6) is 0 Å². The van der Waals surface area contributed by atoms with Crippen molar-refractivity contribution in [3.8, 4) is 0 Å². The van der Waals surface area contributed by atoms with Gasteiger partial charge in [0, 0.05) is 0 Å². The highest BCUT2D eigenvalue weighted by molar-refractivity contribution is 4.93. The Bertz CT molecular complexity index is 146. The molecule has 0 nitrogen and oxygen atoms in total. The van der Waals surface area contributed by atoms with Crippen molar-refractivity contribution in [3.63, 3.8) is 0 Å². The number of rotatable bonds is 2. The van der Waals surface area contributed by atoms with E-state index in [0.717, 1.165) is 11.3 Å². The van der Waals surface area contributed by atoms with Gasteiger partial charge in [-0.3, -0.25) is 0 Å². The third-order valence-corrected chi connectivity index (χ3v) is 4.32. The second kappa shape index (κ2) is 3.40. The summed E-state index contributed by atoms with van der Waals surface area (Å²) in [6.07, 6.45) is 13.8. The molecule has 0 saturated heterocycles. The highest BCUT2D eigenvalue weighted by atomic mass is 14.5. The van der Waals surface area contributed by atoms with Crippen molar-refractivity contribution in [2.75, 3.05) is 0 Å². The fraction of sp³-hybridized carbons (Fsp3) is 1.00. The average molecular weight is 166 g/mol. The zero-order valence-corrected chi connectivity index (χ0v) is 8.44. The first-order chi connectivity index (χ1) is 5.87. The van der Waals surface area contributed by atoms with E-state index in [9.17, 15) is 0 Å². The largest absolute Gasteiger partial charge is 0.0654 e. The van der Waals surface area contributed by atoms with Crippen molar-refractivity contribution in [2.24, 2.45) is 11.3 Å². The average Bonchev–Trinajstić information content (AvgIpc) is 2.48. The Kier molecular flexibility index (Phi) is 2.43. The molecular formula is C12H22. The third-order valence-electron chi connectivity index (χ3n) is 4.32. The van der Waals surface area contributed by atoms with Crippen LogP contribution in [0, 0.1) is 11.3 Å². The van der Waals surface area contributed by atoms with E-state index in [0.29, 0.717) is 0 Å². The Morgan fingerprint density at radius 2 is 1.83 bits per heavy atom. The Hall–Kier alpha value is 0. The molecule has 2 aliphatic rings. The van der Waals surface area contributed by atoms with Gasteiger partial charge in [0.15, 0.2) is 0 Å². The fourth-order valence-corrected chi connectivity index (χ4v) is 3.81. The zero-order chi connectivity index (χ0) is 8.44. The molecule has 2 aliphatic carbocycles. The molecule has 0 heteroatoms. The Morgan fingerprint density at radius 1 is 1.08 bits per heavy atom. The van der Waals surface area contributed by atoms with E-state index < -0.39 is 0 Å². The van der Waals surface area contributed by atoms with Crippen LogP contribution in [0.15, 0.2) is 0 Å². The third kappa shape index (κ3) is 1.30. The fourth-order valence-electron chi connectivity index (χ4n) is 3.81. The molecule has 0 radical (unpaired) electrons. The number of hydrogen-bond acceptors (Lipinski definition) is 0. The van der Waals surface area contributed by atoms with Crippen molar-refractivity contribution < 1.29 is 0 Å². The van der Waals surface area contributed by atoms with Crippen LogP contribution in [0.1, 0.15) is 64.7 Å². The Balaban J connectivity index is 2.06. The van der Waals surface area contributed by atoms with Crippen LogP contribution >= 0.6 is 0 Å². The molecule has 0 aromatic carbocycles. The van der Waals surface area contributed by atoms with Crippen LogP contribution < -0.4 is 0 Å². The first-order valence-corrected chi connectivity index (χ1v) is 5.87. The van der Waals surface area contributed by atoms with Crippen molar-refractivity contribution >= 4 is 0 Å². The van der Waals surface area contributed by atoms with Gasteiger partial charge in [0.05, 0.1) is 0 Å². The molecule has 0 spiro atoms. The van der Waals surface area contributed by atoms with Gasteiger partial charge in [-0.1, -0.05) is 32.6 Å². The van der Waals surface area contributed by atoms with Crippen molar-refractivity contribution in [3.05, 3.63) is 0 Å². The summed E-state index contributed by atoms with van der Waals surface area (Å²) in [5.74, 6) is 1.13. The molecule has 2 saturated carbocycles. The van der Waals surface area contributed by atoms with E-state index in [-0.39, 0.29) is 0 Å². The molecular weight excluding hydrogens is 144 g/mol. The summed E-state index contributed by atoms with van der Waals surface area (Å²) in [6, 6.07) is 0. The number of fused-ring (bicyclic) bond motifs is 1. The summed E-state index contributed by atoms with van der Waals surface area (Å²) in [5.41, 5.74) is 0.840. The molecule has 2 atom stereocenters. The minimum absolute atomic E-state index is 0.840. The van der Waals surface area contributed by atoms with Gasteiger partial charge in [0.1, 0.15) is 0 Å². The molecule has 0 bridgehead atoms. The normalized spacial score (nSPS) is 41.2. The lowest BCUT2D eigenvalue weighted by Crippen LogP contribution is -2.28. The van der Waals surface area contributed by atoms with Crippen LogP contribution in [-0.2, 0) is 0 Å². The molecule has 2 fully saturated rings. The second-order valence-corrected chi connectivity index (χ2v) is 4.95. The molecule has 70 valence electrons. The summed E-state index contributed by atoms with van der Waals surface area (Å²) in [7, 11) is 0. The summed E-state index contributed by atoms with van der Waals surface area (Å²) >= 11 is 0. The molecule has 2 rings (SSSR count). The monoisotopic (exact) mass is 166 g/mol. The molecule has 2 unspecified atom stereocenters. The standard InChI is InChI=1S/C12H22/c1-2-8-12-9-4-3-6-11(12)7-5-10-12/h11H,2-10H2,1H3. The molecule has 0 aliphatic heterocycles. The van der Waals surface area contributed by atoms with E-state index >= 15 is 0 Å². The van der Waals surface area contributed by atoms with Gasteiger partial charge in [-0.05, 0) is 43.4 Å². The zero-order valence-electron chi connectivity index (χ0n) is 8.44. The Morgan fingerprint density at radius 3 is 2.67 bits per heavy atom. The van der Waals surface area contributed by atoms with Gasteiger partial charge in [0.2, 0.25) is 0 Å². The maximum atomic E-state index is 2.36. The molecule has 0 amide bonds. The van der Waals surface area contributed by atoms with Crippen LogP contribution in [0.4, 0.5) is 0 Å². The summed E-state index contributed by atoms with van der Waals surface area (Å²) < 4.78 is 0. The molecule has 0 aromatic heterocycles. The molecule has 0 aromatic rings. The maximum absolute atomic E-state index is 2.36. The first-order valence-electron chi connectivity index (χ1n) is 5.87. The topological polar surface area (TPSA) is 0 Å². The molecule has 0 N–H and O–H groups in total. The summed E-state index contributed by atoms with van der Waals surface area (Å²) in [5, 5.41) is 0. The van der Waals surface area contributed by atoms with Crippen molar-refractivity contribution in [1.82, 2.24) is 0 Å². The van der Waals surface area contributed by atoms with Crippen LogP contribution in [-0.4, -0.2) is 0 Å². The summed E-state index contributed by atoms with van der Waals surface area (Å²) in [6.45, 7) is 2.36. The predicted molar refractivity (Wildman–Crippen MR) is 53.2 cm³/mol. The minimum atomic E-state index is 0.840. The van der Waals surface area contributed by atoms with Crippen molar-refractivity contribution in [2.45, 2.75) is 64.7 Å². The van der Waals surface area contributed by atoms with E-state index in [1.807, 2.05) is 0 Å². The molecule has 0 heterocycles. The van der Waals surface area contributed by atoms with E-state index in [1.54, 1.807) is 25.7 Å². The number of hydrogen-bond donors (Lipinski definition) is 0. The van der Waals surface area contributed by atoms with Crippen molar-refractivity contribution in [1.29, 1.82) is 0 Å². The van der Waals surface area contributed by atoms with Gasteiger partial charge in [0.25, 0.3) is 0 Å². The minimum Gasteiger partial charge on any atom is -0.0654 e. The quantitative estimate of drug-likeness (QED) is 0.578. The van der Waals surface area contributed by atoms with E-state index in [2.05, 4.69) is 6.92 Å².